The molecule has 0 unspecified atom stereocenters. The van der Waals surface area contributed by atoms with Gasteiger partial charge in [0, 0.05) is 32.5 Å². The summed E-state index contributed by atoms with van der Waals surface area (Å²) in [7, 11) is 0. The first-order valence-corrected chi connectivity index (χ1v) is 6.05. The fourth-order valence-corrected chi connectivity index (χ4v) is 1.49. The van der Waals surface area contributed by atoms with Crippen LogP contribution in [-0.2, 0) is 14.3 Å². The van der Waals surface area contributed by atoms with Crippen molar-refractivity contribution in [1.29, 1.82) is 0 Å². The van der Waals surface area contributed by atoms with Crippen LogP contribution in [0.3, 0.4) is 0 Å². The summed E-state index contributed by atoms with van der Waals surface area (Å²) in [6.45, 7) is 11.0. The summed E-state index contributed by atoms with van der Waals surface area (Å²) < 4.78 is 10.8. The number of ether oxygens (including phenoxy) is 2. The highest BCUT2D eigenvalue weighted by Gasteiger charge is 2.12. The molecule has 0 spiro atoms. The topological polar surface area (TPSA) is 35.5 Å². The predicted octanol–water partition coefficient (Wildman–Crippen LogP) is 3.09. The highest BCUT2D eigenvalue weighted by molar-refractivity contribution is 5.80. The predicted molar refractivity (Wildman–Crippen MR) is 65.3 cm³/mol. The van der Waals surface area contributed by atoms with Gasteiger partial charge in [-0.2, -0.15) is 0 Å². The molecular weight excluding hydrogens is 204 g/mol. The lowest BCUT2D eigenvalue weighted by Crippen LogP contribution is -2.18. The maximum Gasteiger partial charge on any atom is 0.161 e. The van der Waals surface area contributed by atoms with Crippen molar-refractivity contribution in [3.05, 3.63) is 12.2 Å². The number of Topliss-reactive ketones (excluding diaryl/α,β-unsaturated/α-hetero) is 1. The zero-order valence-electron chi connectivity index (χ0n) is 10.8. The Morgan fingerprint density at radius 2 is 1.75 bits per heavy atom. The van der Waals surface area contributed by atoms with Gasteiger partial charge >= 0.3 is 0 Å². The molecule has 0 aliphatic heterocycles. The Kier molecular flexibility index (Phi) is 9.15. The molecular formula is C13H24O3. The van der Waals surface area contributed by atoms with Crippen molar-refractivity contribution in [3.8, 4) is 0 Å². The maximum atomic E-state index is 11.4. The summed E-state index contributed by atoms with van der Waals surface area (Å²) in [5.74, 6) is 0.249. The number of carbonyl (C=O) groups is 1. The second-order valence-corrected chi connectivity index (χ2v) is 3.76. The Balaban J connectivity index is 3.93. The number of hydrogen-bond donors (Lipinski definition) is 0. The maximum absolute atomic E-state index is 11.4. The second kappa shape index (κ2) is 9.55. The molecule has 3 nitrogen and oxygen atoms in total. The first kappa shape index (κ1) is 15.3. The molecule has 0 atom stereocenters. The van der Waals surface area contributed by atoms with Crippen molar-refractivity contribution in [2.24, 2.45) is 0 Å². The third-order valence-corrected chi connectivity index (χ3v) is 2.14. The van der Waals surface area contributed by atoms with Crippen molar-refractivity contribution < 1.29 is 14.3 Å². The molecule has 0 aromatic rings. The van der Waals surface area contributed by atoms with E-state index in [-0.39, 0.29) is 12.1 Å². The Bertz CT molecular complexity index is 205. The summed E-state index contributed by atoms with van der Waals surface area (Å²) in [5.41, 5.74) is 0.894. The summed E-state index contributed by atoms with van der Waals surface area (Å²) in [4.78, 5) is 11.4. The highest BCUT2D eigenvalue weighted by atomic mass is 16.7. The van der Waals surface area contributed by atoms with Gasteiger partial charge in [0.25, 0.3) is 0 Å². The van der Waals surface area contributed by atoms with Gasteiger partial charge in [-0.3, -0.25) is 4.79 Å². The summed E-state index contributed by atoms with van der Waals surface area (Å²) in [6, 6.07) is 0. The van der Waals surface area contributed by atoms with E-state index >= 15 is 0 Å². The summed E-state index contributed by atoms with van der Waals surface area (Å²) in [5, 5.41) is 0. The molecule has 0 rings (SSSR count). The van der Waals surface area contributed by atoms with E-state index in [0.717, 1.165) is 12.0 Å². The van der Waals surface area contributed by atoms with E-state index in [0.29, 0.717) is 32.5 Å². The van der Waals surface area contributed by atoms with Crippen LogP contribution in [0.15, 0.2) is 12.2 Å². The van der Waals surface area contributed by atoms with Gasteiger partial charge in [-0.05, 0) is 20.3 Å². The number of rotatable bonds is 10. The molecule has 0 aromatic carbocycles. The van der Waals surface area contributed by atoms with Gasteiger partial charge in [-0.15, -0.1) is 0 Å². The Labute approximate surface area is 98.8 Å². The molecule has 0 saturated carbocycles. The lowest BCUT2D eigenvalue weighted by molar-refractivity contribution is -0.135. The highest BCUT2D eigenvalue weighted by Crippen LogP contribution is 2.13. The van der Waals surface area contributed by atoms with Gasteiger partial charge in [0.15, 0.2) is 6.29 Å². The molecule has 3 heteroatoms. The molecule has 16 heavy (non-hydrogen) atoms. The number of hydrogen-bond acceptors (Lipinski definition) is 3. The van der Waals surface area contributed by atoms with E-state index in [4.69, 9.17) is 9.47 Å². The lowest BCUT2D eigenvalue weighted by atomic mass is 10.1. The monoisotopic (exact) mass is 228 g/mol. The quantitative estimate of drug-likeness (QED) is 0.426. The van der Waals surface area contributed by atoms with Crippen LogP contribution < -0.4 is 0 Å². The van der Waals surface area contributed by atoms with Gasteiger partial charge < -0.3 is 9.47 Å². The Morgan fingerprint density at radius 1 is 1.19 bits per heavy atom. The molecule has 0 fully saturated rings. The molecule has 0 N–H and O–H groups in total. The zero-order chi connectivity index (χ0) is 12.4. The molecule has 0 aromatic heterocycles. The minimum absolute atomic E-state index is 0.249. The van der Waals surface area contributed by atoms with Gasteiger partial charge in [-0.1, -0.05) is 19.1 Å². The van der Waals surface area contributed by atoms with Crippen LogP contribution in [-0.4, -0.2) is 25.3 Å². The van der Waals surface area contributed by atoms with Crippen LogP contribution in [0.25, 0.3) is 0 Å². The van der Waals surface area contributed by atoms with Crippen LogP contribution in [0.1, 0.15) is 46.5 Å². The fraction of sp³-hybridized carbons (Fsp3) is 0.769. The molecule has 0 bridgehead atoms. The van der Waals surface area contributed by atoms with Crippen LogP contribution in [0.4, 0.5) is 0 Å². The minimum Gasteiger partial charge on any atom is -0.353 e. The van der Waals surface area contributed by atoms with Crippen LogP contribution >= 0.6 is 0 Å². The summed E-state index contributed by atoms with van der Waals surface area (Å²) >= 11 is 0. The van der Waals surface area contributed by atoms with E-state index in [1.54, 1.807) is 0 Å². The van der Waals surface area contributed by atoms with E-state index in [1.165, 1.54) is 0 Å². The average molecular weight is 228 g/mol. The Morgan fingerprint density at radius 3 is 2.19 bits per heavy atom. The van der Waals surface area contributed by atoms with E-state index < -0.39 is 0 Å². The third kappa shape index (κ3) is 7.60. The SMILES string of the molecule is C=C(CC(=O)CCC)CC(OCC)OCC. The van der Waals surface area contributed by atoms with Crippen molar-refractivity contribution in [3.63, 3.8) is 0 Å². The summed E-state index contributed by atoms with van der Waals surface area (Å²) in [6.07, 6.45) is 2.33. The first-order chi connectivity index (χ1) is 7.63. The van der Waals surface area contributed by atoms with Gasteiger partial charge in [0.05, 0.1) is 0 Å². The van der Waals surface area contributed by atoms with Gasteiger partial charge in [0.2, 0.25) is 0 Å². The minimum atomic E-state index is -0.253. The smallest absolute Gasteiger partial charge is 0.161 e. The lowest BCUT2D eigenvalue weighted by Gasteiger charge is -2.17. The van der Waals surface area contributed by atoms with Crippen LogP contribution in [0.2, 0.25) is 0 Å². The normalized spacial score (nSPS) is 10.8. The number of ketones is 1. The molecule has 94 valence electrons. The standard InChI is InChI=1S/C13H24O3/c1-5-8-12(14)9-11(4)10-13(15-6-2)16-7-3/h13H,4-10H2,1-3H3. The van der Waals surface area contributed by atoms with Gasteiger partial charge in [-0.25, -0.2) is 0 Å². The van der Waals surface area contributed by atoms with E-state index in [1.807, 2.05) is 20.8 Å². The Hall–Kier alpha value is -0.670. The largest absolute Gasteiger partial charge is 0.353 e. The molecule has 0 heterocycles. The molecule has 0 saturated heterocycles. The van der Waals surface area contributed by atoms with Crippen LogP contribution in [0.5, 0.6) is 0 Å². The van der Waals surface area contributed by atoms with E-state index in [9.17, 15) is 4.79 Å². The zero-order valence-corrected chi connectivity index (χ0v) is 10.8. The second-order valence-electron chi connectivity index (χ2n) is 3.76. The van der Waals surface area contributed by atoms with Crippen molar-refractivity contribution in [1.82, 2.24) is 0 Å². The van der Waals surface area contributed by atoms with Gasteiger partial charge in [0.1, 0.15) is 5.78 Å². The molecule has 0 aliphatic rings. The number of carbonyl (C=O) groups excluding carboxylic acids is 1. The molecule has 0 radical (unpaired) electrons. The molecule has 0 amide bonds. The van der Waals surface area contributed by atoms with Crippen molar-refractivity contribution in [2.45, 2.75) is 52.7 Å². The third-order valence-electron chi connectivity index (χ3n) is 2.14. The molecule has 0 aliphatic carbocycles. The van der Waals surface area contributed by atoms with E-state index in [2.05, 4.69) is 6.58 Å². The van der Waals surface area contributed by atoms with Crippen molar-refractivity contribution >= 4 is 5.78 Å². The van der Waals surface area contributed by atoms with Crippen LogP contribution in [0, 0.1) is 0 Å². The van der Waals surface area contributed by atoms with Crippen molar-refractivity contribution in [2.75, 3.05) is 13.2 Å². The average Bonchev–Trinajstić information content (AvgIpc) is 2.18. The fourth-order valence-electron chi connectivity index (χ4n) is 1.49. The first-order valence-electron chi connectivity index (χ1n) is 6.05.